The maximum Gasteiger partial charge on any atom is 0.0358 e. The largest absolute Gasteiger partial charge is 0.326 e. The second kappa shape index (κ2) is 3.99. The first kappa shape index (κ1) is 12.4. The van der Waals surface area contributed by atoms with E-state index in [9.17, 15) is 0 Å². The third kappa shape index (κ3) is 1.91. The fraction of sp³-hybridized carbons (Fsp3) is 1.00. The average Bonchev–Trinajstić information content (AvgIpc) is 2.47. The van der Waals surface area contributed by atoms with Gasteiger partial charge in [0.2, 0.25) is 0 Å². The Morgan fingerprint density at radius 3 is 2.06 bits per heavy atom. The molecule has 0 amide bonds. The molecule has 1 aliphatic carbocycles. The highest BCUT2D eigenvalue weighted by Gasteiger charge is 2.48. The number of nitrogens with two attached hydrogens (primary N) is 1. The summed E-state index contributed by atoms with van der Waals surface area (Å²) in [4.78, 5) is 2.54. The van der Waals surface area contributed by atoms with Crippen molar-refractivity contribution in [3.63, 3.8) is 0 Å². The second-order valence-electron chi connectivity index (χ2n) is 7.06. The van der Waals surface area contributed by atoms with Crippen molar-refractivity contribution in [1.82, 2.24) is 4.90 Å². The molecular weight excluding hydrogens is 196 g/mol. The number of likely N-dealkylation sites (N-methyl/N-ethyl adjacent to an activating group) is 1. The maximum atomic E-state index is 6.35. The third-order valence-corrected chi connectivity index (χ3v) is 5.30. The fourth-order valence-corrected chi connectivity index (χ4v) is 3.84. The lowest BCUT2D eigenvalue weighted by Crippen LogP contribution is -2.54. The number of likely N-dealkylation sites (tertiary alicyclic amines) is 1. The van der Waals surface area contributed by atoms with Crippen LogP contribution in [0, 0.1) is 11.3 Å². The zero-order valence-corrected chi connectivity index (χ0v) is 11.4. The van der Waals surface area contributed by atoms with Crippen LogP contribution in [0.4, 0.5) is 0 Å². The molecule has 1 spiro atoms. The van der Waals surface area contributed by atoms with Gasteiger partial charge in [-0.2, -0.15) is 0 Å². The summed E-state index contributed by atoms with van der Waals surface area (Å²) in [5.41, 5.74) is 7.17. The van der Waals surface area contributed by atoms with E-state index in [1.165, 1.54) is 38.6 Å². The van der Waals surface area contributed by atoms with Gasteiger partial charge in [-0.1, -0.05) is 20.8 Å². The first-order valence-electron chi connectivity index (χ1n) is 6.83. The summed E-state index contributed by atoms with van der Waals surface area (Å²) < 4.78 is 0. The summed E-state index contributed by atoms with van der Waals surface area (Å²) in [7, 11) is 2.27. The third-order valence-electron chi connectivity index (χ3n) is 5.30. The van der Waals surface area contributed by atoms with E-state index in [1.54, 1.807) is 0 Å². The molecule has 0 bridgehead atoms. The van der Waals surface area contributed by atoms with Gasteiger partial charge in [0, 0.05) is 11.6 Å². The van der Waals surface area contributed by atoms with E-state index in [-0.39, 0.29) is 0 Å². The average molecular weight is 224 g/mol. The standard InChI is InChI=1S/C14H28N2/c1-13(2,3)11-5-8-14(9-6-11)12(15)7-10-16(14)4/h11-12H,5-10,15H2,1-4H3. The Balaban J connectivity index is 2.04. The first-order valence-corrected chi connectivity index (χ1v) is 6.83. The van der Waals surface area contributed by atoms with Crippen molar-refractivity contribution in [2.45, 2.75) is 64.5 Å². The Kier molecular flexibility index (Phi) is 3.09. The molecule has 2 nitrogen and oxygen atoms in total. The Labute approximate surface area is 101 Å². The monoisotopic (exact) mass is 224 g/mol. The summed E-state index contributed by atoms with van der Waals surface area (Å²) in [5, 5.41) is 0. The molecule has 2 N–H and O–H groups in total. The predicted octanol–water partition coefficient (Wildman–Crippen LogP) is 2.62. The SMILES string of the molecule is CN1CCC(N)C12CCC(C(C)(C)C)CC2. The van der Waals surface area contributed by atoms with Crippen molar-refractivity contribution in [3.05, 3.63) is 0 Å². The zero-order chi connectivity index (χ0) is 12.0. The maximum absolute atomic E-state index is 6.35. The predicted molar refractivity (Wildman–Crippen MR) is 69.4 cm³/mol. The van der Waals surface area contributed by atoms with E-state index in [0.29, 0.717) is 17.0 Å². The lowest BCUT2D eigenvalue weighted by atomic mass is 9.66. The topological polar surface area (TPSA) is 29.3 Å². The van der Waals surface area contributed by atoms with Gasteiger partial charge in [0.15, 0.2) is 0 Å². The Morgan fingerprint density at radius 2 is 1.69 bits per heavy atom. The Morgan fingerprint density at radius 1 is 1.12 bits per heavy atom. The Hall–Kier alpha value is -0.0800. The number of rotatable bonds is 0. The zero-order valence-electron chi connectivity index (χ0n) is 11.4. The number of hydrogen-bond acceptors (Lipinski definition) is 2. The van der Waals surface area contributed by atoms with Crippen molar-refractivity contribution in [2.24, 2.45) is 17.1 Å². The smallest absolute Gasteiger partial charge is 0.0358 e. The molecule has 1 unspecified atom stereocenters. The molecule has 16 heavy (non-hydrogen) atoms. The highest BCUT2D eigenvalue weighted by atomic mass is 15.2. The van der Waals surface area contributed by atoms with Gasteiger partial charge in [-0.15, -0.1) is 0 Å². The highest BCUT2D eigenvalue weighted by Crippen LogP contribution is 2.46. The molecular formula is C14H28N2. The van der Waals surface area contributed by atoms with Gasteiger partial charge in [-0.3, -0.25) is 4.90 Å². The summed E-state index contributed by atoms with van der Waals surface area (Å²) in [6, 6.07) is 0.415. The van der Waals surface area contributed by atoms with Crippen LogP contribution in [0.15, 0.2) is 0 Å². The fourth-order valence-electron chi connectivity index (χ4n) is 3.84. The van der Waals surface area contributed by atoms with Gasteiger partial charge < -0.3 is 5.73 Å². The van der Waals surface area contributed by atoms with E-state index in [4.69, 9.17) is 5.73 Å². The number of hydrogen-bond donors (Lipinski definition) is 1. The van der Waals surface area contributed by atoms with Crippen molar-refractivity contribution in [1.29, 1.82) is 0 Å². The minimum absolute atomic E-state index is 0.349. The van der Waals surface area contributed by atoms with Crippen LogP contribution in [0.25, 0.3) is 0 Å². The van der Waals surface area contributed by atoms with E-state index < -0.39 is 0 Å². The molecule has 0 aromatic heterocycles. The molecule has 2 fully saturated rings. The van der Waals surface area contributed by atoms with Crippen molar-refractivity contribution in [2.75, 3.05) is 13.6 Å². The summed E-state index contributed by atoms with van der Waals surface area (Å²) in [6.45, 7) is 8.34. The van der Waals surface area contributed by atoms with Crippen LogP contribution in [0.3, 0.4) is 0 Å². The molecule has 1 aliphatic heterocycles. The van der Waals surface area contributed by atoms with Crippen LogP contribution in [0.1, 0.15) is 52.9 Å². The molecule has 0 aromatic carbocycles. The summed E-state index contributed by atoms with van der Waals surface area (Å²) >= 11 is 0. The van der Waals surface area contributed by atoms with E-state index >= 15 is 0 Å². The first-order chi connectivity index (χ1) is 7.36. The van der Waals surface area contributed by atoms with Crippen LogP contribution in [-0.4, -0.2) is 30.1 Å². The number of nitrogens with zero attached hydrogens (tertiary/aromatic N) is 1. The van der Waals surface area contributed by atoms with Crippen molar-refractivity contribution in [3.8, 4) is 0 Å². The molecule has 1 heterocycles. The minimum Gasteiger partial charge on any atom is -0.326 e. The molecule has 2 heteroatoms. The van der Waals surface area contributed by atoms with E-state index in [1.807, 2.05) is 0 Å². The van der Waals surface area contributed by atoms with Crippen LogP contribution < -0.4 is 5.73 Å². The van der Waals surface area contributed by atoms with Crippen LogP contribution in [0.5, 0.6) is 0 Å². The minimum atomic E-state index is 0.349. The van der Waals surface area contributed by atoms with Crippen molar-refractivity contribution >= 4 is 0 Å². The molecule has 1 atom stereocenters. The Bertz CT molecular complexity index is 234. The normalized spacial score (nSPS) is 41.8. The molecule has 0 radical (unpaired) electrons. The molecule has 94 valence electrons. The molecule has 1 saturated carbocycles. The van der Waals surface area contributed by atoms with Gasteiger partial charge in [0.25, 0.3) is 0 Å². The van der Waals surface area contributed by atoms with E-state index in [0.717, 1.165) is 5.92 Å². The lowest BCUT2D eigenvalue weighted by Gasteiger charge is -2.47. The van der Waals surface area contributed by atoms with Crippen LogP contribution in [0.2, 0.25) is 0 Å². The van der Waals surface area contributed by atoms with Gasteiger partial charge in [-0.25, -0.2) is 0 Å². The van der Waals surface area contributed by atoms with Gasteiger partial charge in [0.05, 0.1) is 0 Å². The lowest BCUT2D eigenvalue weighted by molar-refractivity contribution is 0.0520. The van der Waals surface area contributed by atoms with E-state index in [2.05, 4.69) is 32.7 Å². The second-order valence-corrected chi connectivity index (χ2v) is 7.06. The van der Waals surface area contributed by atoms with Gasteiger partial charge in [-0.05, 0) is 57.0 Å². The summed E-state index contributed by atoms with van der Waals surface area (Å²) in [5.74, 6) is 0.888. The molecule has 0 aromatic rings. The molecule has 1 saturated heterocycles. The van der Waals surface area contributed by atoms with Crippen LogP contribution >= 0.6 is 0 Å². The quantitative estimate of drug-likeness (QED) is 0.685. The molecule has 2 rings (SSSR count). The van der Waals surface area contributed by atoms with Gasteiger partial charge >= 0.3 is 0 Å². The molecule has 2 aliphatic rings. The van der Waals surface area contributed by atoms with Crippen molar-refractivity contribution < 1.29 is 0 Å². The highest BCUT2D eigenvalue weighted by molar-refractivity contribution is 5.06. The summed E-state index contributed by atoms with van der Waals surface area (Å²) in [6.07, 6.45) is 6.54. The van der Waals surface area contributed by atoms with Gasteiger partial charge in [0.1, 0.15) is 0 Å². The van der Waals surface area contributed by atoms with Crippen LogP contribution in [-0.2, 0) is 0 Å².